The number of ether oxygens (including phenoxy) is 3. The smallest absolute Gasteiger partial charge is 0.407 e. The van der Waals surface area contributed by atoms with Crippen molar-refractivity contribution in [2.45, 2.75) is 77.9 Å². The van der Waals surface area contributed by atoms with Crippen LogP contribution >= 0.6 is 0 Å². The first-order valence-corrected chi connectivity index (χ1v) is 12.3. The van der Waals surface area contributed by atoms with Crippen molar-refractivity contribution in [1.82, 2.24) is 10.2 Å². The molecule has 2 heterocycles. The van der Waals surface area contributed by atoms with Gasteiger partial charge in [0.1, 0.15) is 11.4 Å². The van der Waals surface area contributed by atoms with Crippen molar-refractivity contribution in [2.75, 3.05) is 13.1 Å². The molecule has 4 rings (SSSR count). The summed E-state index contributed by atoms with van der Waals surface area (Å²) >= 11 is 0. The van der Waals surface area contributed by atoms with Crippen LogP contribution in [0.25, 0.3) is 0 Å². The number of rotatable bonds is 4. The number of fused-ring (bicyclic) bond motifs is 1. The number of amides is 2. The lowest BCUT2D eigenvalue weighted by Crippen LogP contribution is -2.38. The monoisotopic (exact) mass is 480 g/mol. The van der Waals surface area contributed by atoms with Crippen molar-refractivity contribution < 1.29 is 23.8 Å². The molecule has 1 fully saturated rings. The fourth-order valence-electron chi connectivity index (χ4n) is 4.51. The minimum Gasteiger partial charge on any atom is -0.463 e. The molecule has 7 heteroatoms. The first-order valence-electron chi connectivity index (χ1n) is 12.3. The number of benzene rings is 2. The second kappa shape index (κ2) is 9.90. The zero-order valence-electron chi connectivity index (χ0n) is 21.3. The molecule has 35 heavy (non-hydrogen) atoms. The third-order valence-electron chi connectivity index (χ3n) is 6.28. The molecule has 1 saturated heterocycles. The van der Waals surface area contributed by atoms with Crippen LogP contribution in [0, 0.1) is 0 Å². The lowest BCUT2D eigenvalue weighted by atomic mass is 9.88. The molecular formula is C28H36N2O5. The second-order valence-electron chi connectivity index (χ2n) is 10.8. The number of piperidine rings is 1. The Hall–Kier alpha value is -3.06. The summed E-state index contributed by atoms with van der Waals surface area (Å²) < 4.78 is 16.9. The average Bonchev–Trinajstić information content (AvgIpc) is 2.81. The molecule has 0 atom stereocenters. The fraction of sp³-hybridized carbons (Fsp3) is 0.500. The first kappa shape index (κ1) is 25.0. The number of likely N-dealkylation sites (tertiary alicyclic amines) is 1. The van der Waals surface area contributed by atoms with Gasteiger partial charge in [-0.15, -0.1) is 0 Å². The minimum atomic E-state index is -0.649. The summed E-state index contributed by atoms with van der Waals surface area (Å²) in [5.41, 5.74) is 3.33. The normalized spacial score (nSPS) is 17.8. The predicted molar refractivity (Wildman–Crippen MR) is 133 cm³/mol. The van der Waals surface area contributed by atoms with Gasteiger partial charge in [0.25, 0.3) is 5.91 Å². The van der Waals surface area contributed by atoms with Crippen LogP contribution in [0.1, 0.15) is 80.4 Å². The summed E-state index contributed by atoms with van der Waals surface area (Å²) in [6, 6.07) is 13.9. The summed E-state index contributed by atoms with van der Waals surface area (Å²) in [4.78, 5) is 27.0. The summed E-state index contributed by atoms with van der Waals surface area (Å²) in [5, 5.41) is 2.82. The van der Waals surface area contributed by atoms with Crippen molar-refractivity contribution in [3.63, 3.8) is 0 Å². The molecule has 0 unspecified atom stereocenters. The minimum absolute atomic E-state index is 0.0476. The highest BCUT2D eigenvalue weighted by atomic mass is 16.7. The Kier molecular flexibility index (Phi) is 7.08. The molecule has 0 aromatic heterocycles. The maximum Gasteiger partial charge on any atom is 0.407 e. The number of alkyl carbamates (subject to hydrolysis) is 1. The molecule has 1 N–H and O–H groups in total. The van der Waals surface area contributed by atoms with Crippen molar-refractivity contribution >= 4 is 12.0 Å². The molecule has 2 aromatic rings. The summed E-state index contributed by atoms with van der Waals surface area (Å²) in [6.45, 7) is 11.6. The van der Waals surface area contributed by atoms with Gasteiger partial charge in [0, 0.05) is 44.6 Å². The lowest BCUT2D eigenvalue weighted by Gasteiger charge is -2.34. The maximum atomic E-state index is 13.2. The topological polar surface area (TPSA) is 77.1 Å². The van der Waals surface area contributed by atoms with Crippen LogP contribution in [0.2, 0.25) is 0 Å². The first-order chi connectivity index (χ1) is 16.5. The van der Waals surface area contributed by atoms with Crippen LogP contribution in [0.15, 0.2) is 42.5 Å². The zero-order valence-corrected chi connectivity index (χ0v) is 21.3. The van der Waals surface area contributed by atoms with E-state index in [9.17, 15) is 9.59 Å². The van der Waals surface area contributed by atoms with Crippen molar-refractivity contribution in [2.24, 2.45) is 0 Å². The van der Waals surface area contributed by atoms with E-state index in [4.69, 9.17) is 14.2 Å². The van der Waals surface area contributed by atoms with Crippen LogP contribution in [-0.4, -0.2) is 41.4 Å². The molecule has 0 aliphatic carbocycles. The number of hydrogen-bond acceptors (Lipinski definition) is 5. The van der Waals surface area contributed by atoms with E-state index in [-0.39, 0.29) is 5.91 Å². The van der Waals surface area contributed by atoms with E-state index < -0.39 is 17.5 Å². The molecule has 2 aliphatic rings. The highest BCUT2D eigenvalue weighted by Crippen LogP contribution is 2.33. The molecule has 0 spiro atoms. The zero-order chi connectivity index (χ0) is 25.2. The van der Waals surface area contributed by atoms with Gasteiger partial charge >= 0.3 is 6.09 Å². The predicted octanol–water partition coefficient (Wildman–Crippen LogP) is 5.38. The molecular weight excluding hydrogens is 444 g/mol. The number of nitrogens with zero attached hydrogens (tertiary/aromatic N) is 1. The third kappa shape index (κ3) is 6.54. The van der Waals surface area contributed by atoms with E-state index >= 15 is 0 Å². The van der Waals surface area contributed by atoms with Gasteiger partial charge in [-0.3, -0.25) is 4.79 Å². The van der Waals surface area contributed by atoms with Crippen LogP contribution in [0.4, 0.5) is 4.79 Å². The van der Waals surface area contributed by atoms with Gasteiger partial charge in [-0.05, 0) is 68.9 Å². The number of carbonyl (C=O) groups excluding carboxylic acids is 2. The van der Waals surface area contributed by atoms with Gasteiger partial charge in [-0.1, -0.05) is 24.3 Å². The Morgan fingerprint density at radius 3 is 2.57 bits per heavy atom. The average molecular weight is 481 g/mol. The Labute approximate surface area is 207 Å². The van der Waals surface area contributed by atoms with E-state index in [2.05, 4.69) is 17.4 Å². The Morgan fingerprint density at radius 2 is 1.86 bits per heavy atom. The van der Waals surface area contributed by atoms with E-state index in [1.54, 1.807) is 0 Å². The van der Waals surface area contributed by atoms with Gasteiger partial charge in [-0.2, -0.15) is 0 Å². The van der Waals surface area contributed by atoms with Gasteiger partial charge in [0.15, 0.2) is 0 Å². The second-order valence-corrected chi connectivity index (χ2v) is 10.8. The molecule has 7 nitrogen and oxygen atoms in total. The van der Waals surface area contributed by atoms with Crippen LogP contribution < -0.4 is 10.1 Å². The quantitative estimate of drug-likeness (QED) is 0.636. The number of nitrogens with one attached hydrogen (secondary N) is 1. The highest BCUT2D eigenvalue weighted by molar-refractivity contribution is 5.94. The van der Waals surface area contributed by atoms with Crippen LogP contribution in [0.5, 0.6) is 5.75 Å². The van der Waals surface area contributed by atoms with Crippen molar-refractivity contribution in [3.8, 4) is 5.75 Å². The molecule has 188 valence electrons. The van der Waals surface area contributed by atoms with Gasteiger partial charge in [0.05, 0.1) is 6.61 Å². The van der Waals surface area contributed by atoms with Gasteiger partial charge < -0.3 is 24.4 Å². The molecule has 0 saturated carbocycles. The lowest BCUT2D eigenvalue weighted by molar-refractivity contribution is -0.180. The van der Waals surface area contributed by atoms with Crippen molar-refractivity contribution in [1.29, 1.82) is 0 Å². The Bertz CT molecular complexity index is 1080. The SMILES string of the molecule is CC(C)(C)OC(=O)NCc1cccc(C2CCN(C(=O)c3ccc4c(c3)COC(C)(C)O4)CC2)c1. The summed E-state index contributed by atoms with van der Waals surface area (Å²) in [6.07, 6.45) is 1.39. The molecule has 2 amide bonds. The van der Waals surface area contributed by atoms with Gasteiger partial charge in [-0.25, -0.2) is 4.79 Å². The van der Waals surface area contributed by atoms with Crippen LogP contribution in [0.3, 0.4) is 0 Å². The largest absolute Gasteiger partial charge is 0.463 e. The number of hydrogen-bond donors (Lipinski definition) is 1. The Morgan fingerprint density at radius 1 is 1.11 bits per heavy atom. The Balaban J connectivity index is 1.32. The van der Waals surface area contributed by atoms with E-state index in [1.807, 2.05) is 69.9 Å². The summed E-state index contributed by atoms with van der Waals surface area (Å²) in [5.74, 6) is 0.556. The van der Waals surface area contributed by atoms with Gasteiger partial charge in [0.2, 0.25) is 5.79 Å². The highest BCUT2D eigenvalue weighted by Gasteiger charge is 2.29. The van der Waals surface area contributed by atoms with Crippen molar-refractivity contribution in [3.05, 3.63) is 64.7 Å². The molecule has 0 bridgehead atoms. The maximum absolute atomic E-state index is 13.2. The van der Waals surface area contributed by atoms with Crippen LogP contribution in [-0.2, 0) is 22.6 Å². The number of carbonyl (C=O) groups is 2. The molecule has 2 aromatic carbocycles. The van der Waals surface area contributed by atoms with E-state index in [1.165, 1.54) is 5.56 Å². The molecule has 2 aliphatic heterocycles. The fourth-order valence-corrected chi connectivity index (χ4v) is 4.51. The molecule has 0 radical (unpaired) electrons. The van der Waals surface area contributed by atoms with E-state index in [0.717, 1.165) is 29.7 Å². The van der Waals surface area contributed by atoms with E-state index in [0.29, 0.717) is 37.7 Å². The standard InChI is InChI=1S/C28H36N2O5/c1-27(2,3)35-26(32)29-17-19-7-6-8-21(15-19)20-11-13-30(14-12-20)25(31)22-9-10-24-23(16-22)18-33-28(4,5)34-24/h6-10,15-16,20H,11-14,17-18H2,1-5H3,(H,29,32). The third-order valence-corrected chi connectivity index (χ3v) is 6.28. The summed E-state index contributed by atoms with van der Waals surface area (Å²) in [7, 11) is 0.